The number of aromatic nitrogens is 5. The zero-order valence-electron chi connectivity index (χ0n) is 12.6. The Labute approximate surface area is 137 Å². The van der Waals surface area contributed by atoms with Crippen LogP contribution in [0.25, 0.3) is 17.2 Å². The van der Waals surface area contributed by atoms with Crippen molar-refractivity contribution >= 4 is 11.5 Å². The predicted octanol–water partition coefficient (Wildman–Crippen LogP) is 2.94. The number of hydrogen-bond donors (Lipinski definition) is 1. The summed E-state index contributed by atoms with van der Waals surface area (Å²) in [5.74, 6) is 0.956. The van der Waals surface area contributed by atoms with Gasteiger partial charge >= 0.3 is 0 Å². The van der Waals surface area contributed by atoms with Crippen LogP contribution >= 0.6 is 0 Å². The molecular weight excluding hydrogens is 307 g/mol. The number of anilines is 1. The molecule has 1 N–H and O–H groups in total. The molecule has 0 aliphatic heterocycles. The Hall–Kier alpha value is -3.35. The number of rotatable bonds is 4. The van der Waals surface area contributed by atoms with Gasteiger partial charge in [0, 0.05) is 12.7 Å². The van der Waals surface area contributed by atoms with Gasteiger partial charge in [-0.2, -0.15) is 4.52 Å². The molecule has 4 aromatic rings. The highest BCUT2D eigenvalue weighted by atomic mass is 19.1. The summed E-state index contributed by atoms with van der Waals surface area (Å²) in [6, 6.07) is 15.7. The smallest absolute Gasteiger partial charge is 0.203 e. The molecule has 0 spiro atoms. The average molecular weight is 320 g/mol. The highest BCUT2D eigenvalue weighted by molar-refractivity contribution is 5.55. The molecule has 0 aliphatic carbocycles. The molecule has 3 heterocycles. The molecule has 24 heavy (non-hydrogen) atoms. The maximum Gasteiger partial charge on any atom is 0.203 e. The van der Waals surface area contributed by atoms with Gasteiger partial charge in [0.15, 0.2) is 5.65 Å². The molecule has 1 aromatic carbocycles. The van der Waals surface area contributed by atoms with E-state index >= 15 is 0 Å². The van der Waals surface area contributed by atoms with Crippen LogP contribution in [0.4, 0.5) is 10.2 Å². The number of halogens is 1. The average Bonchev–Trinajstić information content (AvgIpc) is 3.04. The van der Waals surface area contributed by atoms with E-state index in [0.717, 1.165) is 5.56 Å². The summed E-state index contributed by atoms with van der Waals surface area (Å²) in [7, 11) is 0. The van der Waals surface area contributed by atoms with Gasteiger partial charge in [-0.1, -0.05) is 18.2 Å². The van der Waals surface area contributed by atoms with Crippen LogP contribution in [0.1, 0.15) is 5.56 Å². The normalized spacial score (nSPS) is 10.9. The maximum atomic E-state index is 13.2. The van der Waals surface area contributed by atoms with Crippen LogP contribution in [0.5, 0.6) is 0 Å². The summed E-state index contributed by atoms with van der Waals surface area (Å²) in [5, 5.41) is 15.9. The Balaban J connectivity index is 1.63. The number of nitrogens with one attached hydrogen (secondary N) is 1. The van der Waals surface area contributed by atoms with Crippen molar-refractivity contribution in [2.24, 2.45) is 0 Å². The SMILES string of the molecule is Fc1cccc(CNc2ccc3nnc(-c4ccccn4)n3n2)c1. The minimum absolute atomic E-state index is 0.256. The Kier molecular flexibility index (Phi) is 3.59. The van der Waals surface area contributed by atoms with Crippen LogP contribution < -0.4 is 5.32 Å². The molecule has 0 saturated heterocycles. The third-order valence-corrected chi connectivity index (χ3v) is 3.52. The van der Waals surface area contributed by atoms with Crippen molar-refractivity contribution in [3.05, 3.63) is 72.2 Å². The summed E-state index contributed by atoms with van der Waals surface area (Å²) >= 11 is 0. The maximum absolute atomic E-state index is 13.2. The molecule has 3 aromatic heterocycles. The minimum atomic E-state index is -0.256. The molecule has 0 bridgehead atoms. The number of pyridine rings is 1. The Bertz CT molecular complexity index is 983. The lowest BCUT2D eigenvalue weighted by Gasteiger charge is -2.06. The summed E-state index contributed by atoms with van der Waals surface area (Å²) < 4.78 is 14.9. The van der Waals surface area contributed by atoms with Crippen LogP contribution in [0.15, 0.2) is 60.8 Å². The molecule has 4 rings (SSSR count). The van der Waals surface area contributed by atoms with Crippen molar-refractivity contribution in [2.45, 2.75) is 6.54 Å². The van der Waals surface area contributed by atoms with E-state index in [1.165, 1.54) is 12.1 Å². The molecule has 7 heteroatoms. The molecule has 0 atom stereocenters. The molecule has 0 unspecified atom stereocenters. The van der Waals surface area contributed by atoms with Crippen molar-refractivity contribution in [2.75, 3.05) is 5.32 Å². The highest BCUT2D eigenvalue weighted by Gasteiger charge is 2.10. The van der Waals surface area contributed by atoms with Gasteiger partial charge in [-0.05, 0) is 42.0 Å². The summed E-state index contributed by atoms with van der Waals surface area (Å²) in [5.41, 5.74) is 2.16. The zero-order chi connectivity index (χ0) is 16.4. The van der Waals surface area contributed by atoms with Crippen molar-refractivity contribution in [1.82, 2.24) is 24.8 Å². The third kappa shape index (κ3) is 2.79. The number of benzene rings is 1. The molecule has 0 fully saturated rings. The lowest BCUT2D eigenvalue weighted by Crippen LogP contribution is -2.05. The quantitative estimate of drug-likeness (QED) is 0.626. The second kappa shape index (κ2) is 6.04. The first-order valence-electron chi connectivity index (χ1n) is 7.42. The largest absolute Gasteiger partial charge is 0.365 e. The van der Waals surface area contributed by atoms with Crippen molar-refractivity contribution in [1.29, 1.82) is 0 Å². The van der Waals surface area contributed by atoms with Crippen LogP contribution in [0, 0.1) is 5.82 Å². The highest BCUT2D eigenvalue weighted by Crippen LogP contribution is 2.16. The second-order valence-electron chi connectivity index (χ2n) is 5.21. The fourth-order valence-corrected chi connectivity index (χ4v) is 2.38. The second-order valence-corrected chi connectivity index (χ2v) is 5.21. The summed E-state index contributed by atoms with van der Waals surface area (Å²) in [6.45, 7) is 0.470. The van der Waals surface area contributed by atoms with Gasteiger partial charge < -0.3 is 5.32 Å². The van der Waals surface area contributed by atoms with E-state index in [9.17, 15) is 4.39 Å². The van der Waals surface area contributed by atoms with E-state index in [4.69, 9.17) is 0 Å². The Morgan fingerprint density at radius 3 is 2.79 bits per heavy atom. The molecule has 0 saturated carbocycles. The van der Waals surface area contributed by atoms with Crippen molar-refractivity contribution < 1.29 is 4.39 Å². The first-order chi connectivity index (χ1) is 11.8. The van der Waals surface area contributed by atoms with E-state index in [-0.39, 0.29) is 5.82 Å². The van der Waals surface area contributed by atoms with Gasteiger partial charge in [0.05, 0.1) is 0 Å². The van der Waals surface area contributed by atoms with E-state index in [1.54, 1.807) is 16.8 Å². The van der Waals surface area contributed by atoms with Crippen LogP contribution in [0.3, 0.4) is 0 Å². The fraction of sp³-hybridized carbons (Fsp3) is 0.0588. The summed E-state index contributed by atoms with van der Waals surface area (Å²) in [4.78, 5) is 4.28. The molecule has 118 valence electrons. The Morgan fingerprint density at radius 1 is 1.00 bits per heavy atom. The fourth-order valence-electron chi connectivity index (χ4n) is 2.38. The minimum Gasteiger partial charge on any atom is -0.365 e. The first-order valence-corrected chi connectivity index (χ1v) is 7.42. The number of nitrogens with zero attached hydrogens (tertiary/aromatic N) is 5. The van der Waals surface area contributed by atoms with Crippen LogP contribution in [-0.2, 0) is 6.54 Å². The third-order valence-electron chi connectivity index (χ3n) is 3.52. The van der Waals surface area contributed by atoms with E-state index in [1.807, 2.05) is 36.4 Å². The first kappa shape index (κ1) is 14.3. The zero-order valence-corrected chi connectivity index (χ0v) is 12.6. The standard InChI is InChI=1S/C17H13FN6/c18-13-5-3-4-12(10-13)11-20-15-7-8-16-21-22-17(24(16)23-15)14-6-1-2-9-19-14/h1-10H,11H2,(H,20,23). The molecule has 0 radical (unpaired) electrons. The van der Waals surface area contributed by atoms with Gasteiger partial charge in [-0.3, -0.25) is 4.98 Å². The summed E-state index contributed by atoms with van der Waals surface area (Å²) in [6.07, 6.45) is 1.70. The van der Waals surface area contributed by atoms with Gasteiger partial charge in [0.25, 0.3) is 0 Å². The van der Waals surface area contributed by atoms with E-state index in [0.29, 0.717) is 29.5 Å². The van der Waals surface area contributed by atoms with Crippen LogP contribution in [-0.4, -0.2) is 24.8 Å². The Morgan fingerprint density at radius 2 is 1.96 bits per heavy atom. The van der Waals surface area contributed by atoms with Crippen molar-refractivity contribution in [3.8, 4) is 11.5 Å². The van der Waals surface area contributed by atoms with Gasteiger partial charge in [-0.15, -0.1) is 15.3 Å². The number of hydrogen-bond acceptors (Lipinski definition) is 5. The lowest BCUT2D eigenvalue weighted by atomic mass is 10.2. The van der Waals surface area contributed by atoms with Gasteiger partial charge in [0.1, 0.15) is 17.3 Å². The monoisotopic (exact) mass is 320 g/mol. The van der Waals surface area contributed by atoms with Gasteiger partial charge in [-0.25, -0.2) is 4.39 Å². The van der Waals surface area contributed by atoms with Gasteiger partial charge in [0.2, 0.25) is 5.82 Å². The van der Waals surface area contributed by atoms with Crippen molar-refractivity contribution in [3.63, 3.8) is 0 Å². The van der Waals surface area contributed by atoms with E-state index < -0.39 is 0 Å². The van der Waals surface area contributed by atoms with Crippen LogP contribution in [0.2, 0.25) is 0 Å². The predicted molar refractivity (Wildman–Crippen MR) is 87.7 cm³/mol. The topological polar surface area (TPSA) is 68.0 Å². The molecule has 0 amide bonds. The van der Waals surface area contributed by atoms with E-state index in [2.05, 4.69) is 25.6 Å². The molecule has 0 aliphatic rings. The number of fused-ring (bicyclic) bond motifs is 1. The molecular formula is C17H13FN6. The molecule has 6 nitrogen and oxygen atoms in total. The lowest BCUT2D eigenvalue weighted by molar-refractivity contribution is 0.626.